The first kappa shape index (κ1) is 12.2. The van der Waals surface area contributed by atoms with E-state index in [4.69, 9.17) is 0 Å². The highest BCUT2D eigenvalue weighted by atomic mass is 15.1. The molecule has 1 aromatic rings. The van der Waals surface area contributed by atoms with Gasteiger partial charge in [0, 0.05) is 23.3 Å². The number of H-pyrrole nitrogens is 1. The summed E-state index contributed by atoms with van der Waals surface area (Å²) in [5.41, 5.74) is 3.98. The number of hydrogen-bond donors (Lipinski definition) is 2. The van der Waals surface area contributed by atoms with Gasteiger partial charge in [-0.1, -0.05) is 13.8 Å². The molecule has 2 N–H and O–H groups in total. The van der Waals surface area contributed by atoms with Crippen molar-refractivity contribution in [1.82, 2.24) is 15.5 Å². The molecule has 0 saturated heterocycles. The minimum absolute atomic E-state index is 0.160. The summed E-state index contributed by atoms with van der Waals surface area (Å²) in [5.74, 6) is 0. The van der Waals surface area contributed by atoms with Crippen molar-refractivity contribution >= 4 is 0 Å². The molecule has 0 saturated carbocycles. The Hall–Kier alpha value is -0.830. The molecule has 0 fully saturated rings. The van der Waals surface area contributed by atoms with Crippen LogP contribution < -0.4 is 5.32 Å². The van der Waals surface area contributed by atoms with Gasteiger partial charge in [0.2, 0.25) is 0 Å². The summed E-state index contributed by atoms with van der Waals surface area (Å²) < 4.78 is 0. The molecular weight excluding hydrogens is 186 g/mol. The summed E-state index contributed by atoms with van der Waals surface area (Å²) in [6.45, 7) is 11.8. The highest BCUT2D eigenvalue weighted by molar-refractivity contribution is 5.25. The van der Waals surface area contributed by atoms with E-state index in [1.54, 1.807) is 0 Å². The van der Waals surface area contributed by atoms with Gasteiger partial charge in [0.1, 0.15) is 0 Å². The number of nitrogens with zero attached hydrogens (tertiary/aromatic N) is 1. The molecule has 15 heavy (non-hydrogen) atoms. The second-order valence-electron chi connectivity index (χ2n) is 4.94. The molecule has 0 aliphatic heterocycles. The van der Waals surface area contributed by atoms with E-state index in [2.05, 4.69) is 50.1 Å². The van der Waals surface area contributed by atoms with E-state index in [-0.39, 0.29) is 5.54 Å². The summed E-state index contributed by atoms with van der Waals surface area (Å²) in [6.07, 6.45) is 2.02. The van der Waals surface area contributed by atoms with Crippen LogP contribution in [0.3, 0.4) is 0 Å². The van der Waals surface area contributed by atoms with Gasteiger partial charge in [0.05, 0.1) is 5.69 Å². The molecule has 0 aliphatic carbocycles. The number of aryl methyl sites for hydroxylation is 2. The highest BCUT2D eigenvalue weighted by Crippen LogP contribution is 2.14. The maximum absolute atomic E-state index is 4.34. The minimum Gasteiger partial charge on any atom is -0.308 e. The molecule has 86 valence electrons. The van der Waals surface area contributed by atoms with Crippen molar-refractivity contribution in [3.8, 4) is 0 Å². The first-order valence-electron chi connectivity index (χ1n) is 5.78. The number of nitrogens with one attached hydrogen (secondary N) is 2. The topological polar surface area (TPSA) is 40.7 Å². The maximum atomic E-state index is 4.34. The van der Waals surface area contributed by atoms with Crippen LogP contribution in [-0.4, -0.2) is 15.7 Å². The van der Waals surface area contributed by atoms with Crippen LogP contribution in [0.15, 0.2) is 0 Å². The Morgan fingerprint density at radius 3 is 2.33 bits per heavy atom. The smallest absolute Gasteiger partial charge is 0.0667 e. The highest BCUT2D eigenvalue weighted by Gasteiger charge is 2.14. The zero-order chi connectivity index (χ0) is 11.5. The van der Waals surface area contributed by atoms with Crippen LogP contribution in [0.2, 0.25) is 0 Å². The Morgan fingerprint density at radius 2 is 1.87 bits per heavy atom. The Morgan fingerprint density at radius 1 is 1.20 bits per heavy atom. The third kappa shape index (κ3) is 3.34. The van der Waals surface area contributed by atoms with Gasteiger partial charge in [-0.05, 0) is 33.6 Å². The predicted octanol–water partition coefficient (Wildman–Crippen LogP) is 2.42. The number of hydrogen-bond acceptors (Lipinski definition) is 2. The molecule has 0 spiro atoms. The zero-order valence-electron chi connectivity index (χ0n) is 10.6. The first-order valence-corrected chi connectivity index (χ1v) is 5.78. The molecule has 0 unspecified atom stereocenters. The molecule has 3 nitrogen and oxygen atoms in total. The van der Waals surface area contributed by atoms with Gasteiger partial charge in [-0.3, -0.25) is 5.10 Å². The van der Waals surface area contributed by atoms with Crippen LogP contribution in [0.25, 0.3) is 0 Å². The number of aromatic nitrogens is 2. The van der Waals surface area contributed by atoms with Gasteiger partial charge >= 0.3 is 0 Å². The Bertz CT molecular complexity index is 286. The average Bonchev–Trinajstić information content (AvgIpc) is 2.55. The lowest BCUT2D eigenvalue weighted by Gasteiger charge is -2.20. The molecule has 1 heterocycles. The van der Waals surface area contributed by atoms with Crippen molar-refractivity contribution in [1.29, 1.82) is 0 Å². The summed E-state index contributed by atoms with van der Waals surface area (Å²) in [6, 6.07) is 0. The molecule has 0 aromatic carbocycles. The van der Waals surface area contributed by atoms with Crippen molar-refractivity contribution in [2.45, 2.75) is 59.5 Å². The van der Waals surface area contributed by atoms with Crippen LogP contribution in [0.1, 0.15) is 51.6 Å². The van der Waals surface area contributed by atoms with Crippen molar-refractivity contribution in [2.75, 3.05) is 0 Å². The van der Waals surface area contributed by atoms with E-state index in [1.165, 1.54) is 17.0 Å². The van der Waals surface area contributed by atoms with Gasteiger partial charge in [0.25, 0.3) is 0 Å². The lowest BCUT2D eigenvalue weighted by Crippen LogP contribution is -2.35. The van der Waals surface area contributed by atoms with Crippen molar-refractivity contribution in [2.24, 2.45) is 0 Å². The van der Waals surface area contributed by atoms with Gasteiger partial charge in [-0.25, -0.2) is 0 Å². The van der Waals surface area contributed by atoms with Crippen LogP contribution in [0, 0.1) is 0 Å². The van der Waals surface area contributed by atoms with E-state index in [9.17, 15) is 0 Å². The average molecular weight is 209 g/mol. The van der Waals surface area contributed by atoms with E-state index < -0.39 is 0 Å². The van der Waals surface area contributed by atoms with Crippen LogP contribution >= 0.6 is 0 Å². The van der Waals surface area contributed by atoms with Gasteiger partial charge in [0.15, 0.2) is 0 Å². The van der Waals surface area contributed by atoms with E-state index >= 15 is 0 Å². The minimum atomic E-state index is 0.160. The van der Waals surface area contributed by atoms with Gasteiger partial charge < -0.3 is 5.32 Å². The zero-order valence-corrected chi connectivity index (χ0v) is 10.6. The van der Waals surface area contributed by atoms with E-state index in [0.717, 1.165) is 19.4 Å². The molecule has 0 amide bonds. The first-order chi connectivity index (χ1) is 6.98. The predicted molar refractivity (Wildman–Crippen MR) is 63.9 cm³/mol. The van der Waals surface area contributed by atoms with Crippen LogP contribution in [0.4, 0.5) is 0 Å². The molecule has 1 aromatic heterocycles. The summed E-state index contributed by atoms with van der Waals surface area (Å²) in [7, 11) is 0. The van der Waals surface area contributed by atoms with Crippen LogP contribution in [-0.2, 0) is 19.4 Å². The summed E-state index contributed by atoms with van der Waals surface area (Å²) in [4.78, 5) is 0. The second kappa shape index (κ2) is 4.79. The van der Waals surface area contributed by atoms with Crippen LogP contribution in [0.5, 0.6) is 0 Å². The molecule has 0 radical (unpaired) electrons. The fourth-order valence-electron chi connectivity index (χ4n) is 1.59. The lowest BCUT2D eigenvalue weighted by molar-refractivity contribution is 0.423. The maximum Gasteiger partial charge on any atom is 0.0667 e. The summed E-state index contributed by atoms with van der Waals surface area (Å²) >= 11 is 0. The third-order valence-electron chi connectivity index (χ3n) is 2.52. The SMILES string of the molecule is CCc1n[nH]c(CC)c1CNC(C)(C)C. The van der Waals surface area contributed by atoms with Gasteiger partial charge in [-0.15, -0.1) is 0 Å². The van der Waals surface area contributed by atoms with Gasteiger partial charge in [-0.2, -0.15) is 5.10 Å². The number of rotatable bonds is 4. The normalized spacial score (nSPS) is 12.1. The molecule has 0 bridgehead atoms. The van der Waals surface area contributed by atoms with Crippen molar-refractivity contribution in [3.63, 3.8) is 0 Å². The fraction of sp³-hybridized carbons (Fsp3) is 0.750. The quantitative estimate of drug-likeness (QED) is 0.799. The Labute approximate surface area is 92.7 Å². The Balaban J connectivity index is 2.77. The fourth-order valence-corrected chi connectivity index (χ4v) is 1.59. The molecule has 0 aliphatic rings. The molecule has 1 rings (SSSR count). The molecule has 0 atom stereocenters. The molecule has 3 heteroatoms. The largest absolute Gasteiger partial charge is 0.308 e. The summed E-state index contributed by atoms with van der Waals surface area (Å²) in [5, 5.41) is 11.0. The van der Waals surface area contributed by atoms with Crippen molar-refractivity contribution in [3.05, 3.63) is 17.0 Å². The monoisotopic (exact) mass is 209 g/mol. The van der Waals surface area contributed by atoms with E-state index in [1.807, 2.05) is 0 Å². The second-order valence-corrected chi connectivity index (χ2v) is 4.94. The lowest BCUT2D eigenvalue weighted by atomic mass is 10.1. The Kier molecular flexibility index (Phi) is 3.91. The van der Waals surface area contributed by atoms with Crippen molar-refractivity contribution < 1.29 is 0 Å². The third-order valence-corrected chi connectivity index (χ3v) is 2.52. The molecular formula is C12H23N3. The van der Waals surface area contributed by atoms with E-state index in [0.29, 0.717) is 0 Å². The standard InChI is InChI=1S/C12H23N3/c1-6-10-9(8-13-12(3,4)5)11(7-2)15-14-10/h13H,6-8H2,1-5H3,(H,14,15). The number of aromatic amines is 1.